The number of aliphatic imine (C=N–C) groups is 1. The molecular formula is C21H33IN6O2. The summed E-state index contributed by atoms with van der Waals surface area (Å²) in [4.78, 5) is 9.22. The average molecular weight is 528 g/mol. The van der Waals surface area contributed by atoms with Gasteiger partial charge in [-0.3, -0.25) is 4.99 Å². The van der Waals surface area contributed by atoms with E-state index in [0.717, 1.165) is 55.7 Å². The molecule has 0 saturated heterocycles. The number of nitrogens with one attached hydrogen (secondary N) is 2. The van der Waals surface area contributed by atoms with E-state index >= 15 is 0 Å². The van der Waals surface area contributed by atoms with Crippen LogP contribution in [0.2, 0.25) is 0 Å². The van der Waals surface area contributed by atoms with Gasteiger partial charge >= 0.3 is 0 Å². The first-order chi connectivity index (χ1) is 14.2. The predicted molar refractivity (Wildman–Crippen MR) is 129 cm³/mol. The largest absolute Gasteiger partial charge is 0.494 e. The number of fused-ring (bicyclic) bond motifs is 1. The van der Waals surface area contributed by atoms with Crippen molar-refractivity contribution in [2.24, 2.45) is 4.99 Å². The second kappa shape index (κ2) is 12.7. The molecule has 0 bridgehead atoms. The topological polar surface area (TPSA) is 85.6 Å². The van der Waals surface area contributed by atoms with Crippen LogP contribution < -0.4 is 15.4 Å². The Bertz CT molecular complexity index is 793. The van der Waals surface area contributed by atoms with Crippen LogP contribution in [0.5, 0.6) is 5.75 Å². The van der Waals surface area contributed by atoms with Crippen molar-refractivity contribution in [3.05, 3.63) is 41.5 Å². The van der Waals surface area contributed by atoms with Gasteiger partial charge in [0.15, 0.2) is 11.8 Å². The van der Waals surface area contributed by atoms with E-state index < -0.39 is 0 Å². The third kappa shape index (κ3) is 7.42. The molecule has 166 valence electrons. The second-order valence-corrected chi connectivity index (χ2v) is 7.22. The van der Waals surface area contributed by atoms with Crippen LogP contribution in [-0.2, 0) is 24.3 Å². The Morgan fingerprint density at radius 3 is 2.83 bits per heavy atom. The van der Waals surface area contributed by atoms with Crippen LogP contribution >= 0.6 is 24.0 Å². The zero-order valence-electron chi connectivity index (χ0n) is 18.1. The Balaban J connectivity index is 0.00000320. The maximum atomic E-state index is 5.78. The third-order valence-corrected chi connectivity index (χ3v) is 4.72. The Labute approximate surface area is 195 Å². The lowest BCUT2D eigenvalue weighted by Gasteiger charge is -2.25. The maximum absolute atomic E-state index is 5.78. The number of nitrogens with zero attached hydrogens (tertiary/aromatic N) is 4. The zero-order chi connectivity index (χ0) is 20.5. The van der Waals surface area contributed by atoms with E-state index in [2.05, 4.69) is 46.7 Å². The molecule has 2 aromatic rings. The van der Waals surface area contributed by atoms with Gasteiger partial charge in [0.25, 0.3) is 0 Å². The van der Waals surface area contributed by atoms with Crippen LogP contribution in [0.15, 0.2) is 29.3 Å². The van der Waals surface area contributed by atoms with Crippen molar-refractivity contribution in [3.63, 3.8) is 0 Å². The summed E-state index contributed by atoms with van der Waals surface area (Å²) in [5, 5.41) is 11.4. The van der Waals surface area contributed by atoms with Crippen LogP contribution in [0, 0.1) is 6.92 Å². The van der Waals surface area contributed by atoms with Crippen LogP contribution in [0.25, 0.3) is 0 Å². The van der Waals surface area contributed by atoms with Crippen LogP contribution in [-0.4, -0.2) is 53.6 Å². The summed E-state index contributed by atoms with van der Waals surface area (Å²) in [5.74, 6) is 3.53. The molecule has 0 saturated carbocycles. The van der Waals surface area contributed by atoms with E-state index in [-0.39, 0.29) is 30.0 Å². The van der Waals surface area contributed by atoms with E-state index in [1.807, 2.05) is 16.8 Å². The van der Waals surface area contributed by atoms with Crippen molar-refractivity contribution in [1.82, 2.24) is 25.4 Å². The molecule has 1 aromatic heterocycles. The Hall–Kier alpha value is -1.88. The highest BCUT2D eigenvalue weighted by molar-refractivity contribution is 14.0. The highest BCUT2D eigenvalue weighted by atomic mass is 127. The first-order valence-electron chi connectivity index (χ1n) is 10.3. The van der Waals surface area contributed by atoms with E-state index in [1.54, 1.807) is 7.11 Å². The van der Waals surface area contributed by atoms with Gasteiger partial charge in [0.1, 0.15) is 18.2 Å². The molecule has 1 aliphatic rings. The molecule has 1 unspecified atom stereocenters. The number of methoxy groups -OCH3 is 1. The lowest BCUT2D eigenvalue weighted by molar-refractivity contribution is 0.177. The molecule has 0 spiro atoms. The summed E-state index contributed by atoms with van der Waals surface area (Å²) in [7, 11) is 1.66. The van der Waals surface area contributed by atoms with Gasteiger partial charge in [-0.15, -0.1) is 24.0 Å². The smallest absolute Gasteiger partial charge is 0.191 e. The van der Waals surface area contributed by atoms with Gasteiger partial charge < -0.3 is 20.1 Å². The van der Waals surface area contributed by atoms with Crippen molar-refractivity contribution in [3.8, 4) is 5.75 Å². The van der Waals surface area contributed by atoms with E-state index in [1.165, 1.54) is 5.56 Å². The summed E-state index contributed by atoms with van der Waals surface area (Å²) in [6.45, 7) is 7.57. The number of halogens is 1. The summed E-state index contributed by atoms with van der Waals surface area (Å²) in [6, 6.07) is 8.40. The second-order valence-electron chi connectivity index (χ2n) is 7.22. The molecule has 9 heteroatoms. The highest BCUT2D eigenvalue weighted by Gasteiger charge is 2.22. The van der Waals surface area contributed by atoms with Crippen molar-refractivity contribution < 1.29 is 9.47 Å². The third-order valence-electron chi connectivity index (χ3n) is 4.72. The van der Waals surface area contributed by atoms with Crippen LogP contribution in [0.4, 0.5) is 0 Å². The van der Waals surface area contributed by atoms with Gasteiger partial charge in [0.05, 0.1) is 13.2 Å². The lowest BCUT2D eigenvalue weighted by atomic mass is 10.1. The fourth-order valence-corrected chi connectivity index (χ4v) is 3.26. The molecule has 2 N–H and O–H groups in total. The normalized spacial score (nSPS) is 15.8. The minimum Gasteiger partial charge on any atom is -0.494 e. The number of aromatic nitrogens is 3. The number of aryl methyl sites for hydroxylation is 2. The van der Waals surface area contributed by atoms with Gasteiger partial charge in [-0.2, -0.15) is 5.10 Å². The van der Waals surface area contributed by atoms with Gasteiger partial charge in [0, 0.05) is 39.1 Å². The summed E-state index contributed by atoms with van der Waals surface area (Å²) in [5.41, 5.74) is 1.24. The Morgan fingerprint density at radius 1 is 1.30 bits per heavy atom. The fourth-order valence-electron chi connectivity index (χ4n) is 3.26. The monoisotopic (exact) mass is 528 g/mol. The SMILES string of the molecule is CCNC(=NCCCOc1ccc(C)cc1)NC1CCc2nc(COC)nn2C1.I. The standard InChI is InChI=1S/C21H32N6O2.HI/c1-4-22-21(23-12-5-13-29-18-9-6-16(2)7-10-18)24-17-8-11-20-25-19(15-28-3)26-27(20)14-17;/h6-7,9-10,17H,4-5,8,11-15H2,1-3H3,(H2,22,23,24);1H. The molecule has 0 radical (unpaired) electrons. The predicted octanol–water partition coefficient (Wildman–Crippen LogP) is 2.69. The Morgan fingerprint density at radius 2 is 2.10 bits per heavy atom. The summed E-state index contributed by atoms with van der Waals surface area (Å²) < 4.78 is 12.9. The maximum Gasteiger partial charge on any atom is 0.191 e. The molecule has 2 heterocycles. The summed E-state index contributed by atoms with van der Waals surface area (Å²) in [6.07, 6.45) is 2.77. The first-order valence-corrected chi connectivity index (χ1v) is 10.3. The molecule has 0 aliphatic carbocycles. The number of hydrogen-bond acceptors (Lipinski definition) is 5. The lowest BCUT2D eigenvalue weighted by Crippen LogP contribution is -2.47. The minimum absolute atomic E-state index is 0. The molecule has 1 aromatic carbocycles. The van der Waals surface area contributed by atoms with Gasteiger partial charge in [0.2, 0.25) is 0 Å². The first kappa shape index (κ1) is 24.4. The molecule has 8 nitrogen and oxygen atoms in total. The molecule has 1 atom stereocenters. The van der Waals surface area contributed by atoms with Crippen molar-refractivity contribution in [1.29, 1.82) is 0 Å². The fraction of sp³-hybridized carbons (Fsp3) is 0.571. The van der Waals surface area contributed by atoms with Gasteiger partial charge in [-0.1, -0.05) is 17.7 Å². The van der Waals surface area contributed by atoms with Gasteiger partial charge in [-0.25, -0.2) is 9.67 Å². The van der Waals surface area contributed by atoms with Crippen LogP contribution in [0.3, 0.4) is 0 Å². The molecule has 0 fully saturated rings. The highest BCUT2D eigenvalue weighted by Crippen LogP contribution is 2.14. The zero-order valence-corrected chi connectivity index (χ0v) is 20.4. The van der Waals surface area contributed by atoms with E-state index in [4.69, 9.17) is 14.5 Å². The van der Waals surface area contributed by atoms with E-state index in [9.17, 15) is 0 Å². The molecular weight excluding hydrogens is 495 g/mol. The van der Waals surface area contributed by atoms with Crippen molar-refractivity contribution >= 4 is 29.9 Å². The molecule has 3 rings (SSSR count). The Kier molecular flexibility index (Phi) is 10.4. The number of hydrogen-bond donors (Lipinski definition) is 2. The number of guanidine groups is 1. The summed E-state index contributed by atoms with van der Waals surface area (Å²) >= 11 is 0. The van der Waals surface area contributed by atoms with Crippen molar-refractivity contribution in [2.75, 3.05) is 26.8 Å². The molecule has 0 amide bonds. The minimum atomic E-state index is 0. The van der Waals surface area contributed by atoms with Crippen LogP contribution in [0.1, 0.15) is 37.0 Å². The quantitative estimate of drug-likeness (QED) is 0.225. The average Bonchev–Trinajstić information content (AvgIpc) is 3.11. The van der Waals surface area contributed by atoms with Gasteiger partial charge in [-0.05, 0) is 32.4 Å². The number of ether oxygens (including phenoxy) is 2. The number of benzene rings is 1. The van der Waals surface area contributed by atoms with E-state index in [0.29, 0.717) is 19.8 Å². The van der Waals surface area contributed by atoms with Crippen molar-refractivity contribution in [2.45, 2.75) is 52.3 Å². The number of rotatable bonds is 9. The molecule has 30 heavy (non-hydrogen) atoms. The molecule has 1 aliphatic heterocycles.